The van der Waals surface area contributed by atoms with Gasteiger partial charge in [-0.3, -0.25) is 0 Å². The normalized spacial score (nSPS) is 13.7. The number of nitrogens with zero attached hydrogens (tertiary/aromatic N) is 2. The average molecular weight is 298 g/mol. The molecule has 0 spiro atoms. The molecule has 1 atom stereocenters. The van der Waals surface area contributed by atoms with Crippen LogP contribution >= 0.6 is 11.6 Å². The largest absolute Gasteiger partial charge is 0.433 e. The molecule has 1 aromatic heterocycles. The highest BCUT2D eigenvalue weighted by Crippen LogP contribution is 2.30. The monoisotopic (exact) mass is 297 g/mol. The number of hydrogen-bond donors (Lipinski definition) is 2. The van der Waals surface area contributed by atoms with Gasteiger partial charge in [0.2, 0.25) is 5.28 Å². The highest BCUT2D eigenvalue weighted by atomic mass is 35.5. The van der Waals surface area contributed by atoms with Crippen molar-refractivity contribution in [2.24, 2.45) is 5.92 Å². The highest BCUT2D eigenvalue weighted by Gasteiger charge is 2.33. The van der Waals surface area contributed by atoms with Crippen molar-refractivity contribution in [1.29, 1.82) is 0 Å². The summed E-state index contributed by atoms with van der Waals surface area (Å²) in [5.41, 5.74) is -1.10. The van der Waals surface area contributed by atoms with Gasteiger partial charge in [0.15, 0.2) is 5.69 Å². The van der Waals surface area contributed by atoms with E-state index in [0.717, 1.165) is 6.07 Å². The van der Waals surface area contributed by atoms with Crippen molar-refractivity contribution in [3.8, 4) is 0 Å². The Labute approximate surface area is 114 Å². The molecule has 0 aliphatic rings. The van der Waals surface area contributed by atoms with E-state index >= 15 is 0 Å². The van der Waals surface area contributed by atoms with Crippen molar-refractivity contribution in [2.75, 3.05) is 11.9 Å². The number of anilines is 1. The molecule has 0 saturated carbocycles. The van der Waals surface area contributed by atoms with Crippen LogP contribution in [0.25, 0.3) is 0 Å². The van der Waals surface area contributed by atoms with E-state index in [2.05, 4.69) is 15.3 Å². The molecule has 0 aromatic carbocycles. The minimum Gasteiger partial charge on any atom is -0.396 e. The first kappa shape index (κ1) is 16.0. The number of rotatable bonds is 5. The van der Waals surface area contributed by atoms with Gasteiger partial charge in [0.25, 0.3) is 0 Å². The van der Waals surface area contributed by atoms with Gasteiger partial charge in [-0.15, -0.1) is 0 Å². The number of aliphatic hydroxyl groups is 1. The fraction of sp³-hybridized carbons (Fsp3) is 0.636. The van der Waals surface area contributed by atoms with E-state index in [-0.39, 0.29) is 24.4 Å². The van der Waals surface area contributed by atoms with E-state index in [4.69, 9.17) is 16.7 Å². The number of nitrogens with one attached hydrogen (secondary N) is 1. The Hall–Kier alpha value is -1.08. The molecule has 1 aromatic rings. The number of hydrogen-bond acceptors (Lipinski definition) is 4. The molecule has 4 nitrogen and oxygen atoms in total. The topological polar surface area (TPSA) is 58.0 Å². The van der Waals surface area contributed by atoms with Gasteiger partial charge in [0.1, 0.15) is 5.82 Å². The summed E-state index contributed by atoms with van der Waals surface area (Å²) in [5.74, 6) is 0.120. The first-order valence-corrected chi connectivity index (χ1v) is 6.11. The minimum absolute atomic E-state index is 0.000486. The molecule has 2 N–H and O–H groups in total. The van der Waals surface area contributed by atoms with E-state index in [0.29, 0.717) is 6.42 Å². The number of alkyl halides is 3. The summed E-state index contributed by atoms with van der Waals surface area (Å²) in [6.45, 7) is 3.71. The van der Waals surface area contributed by atoms with Crippen LogP contribution in [0.3, 0.4) is 0 Å². The van der Waals surface area contributed by atoms with Gasteiger partial charge >= 0.3 is 6.18 Å². The van der Waals surface area contributed by atoms with Crippen LogP contribution in [0.4, 0.5) is 19.0 Å². The molecule has 1 unspecified atom stereocenters. The SMILES string of the molecule is CC(C)C(CCO)Nc1cc(C(F)(F)F)nc(Cl)n1. The smallest absolute Gasteiger partial charge is 0.396 e. The van der Waals surface area contributed by atoms with E-state index < -0.39 is 17.2 Å². The van der Waals surface area contributed by atoms with Crippen LogP contribution in [0.2, 0.25) is 5.28 Å². The minimum atomic E-state index is -4.58. The van der Waals surface area contributed by atoms with Gasteiger partial charge in [0, 0.05) is 18.7 Å². The second-order valence-electron chi connectivity index (χ2n) is 4.41. The van der Waals surface area contributed by atoms with Crippen LogP contribution in [0.5, 0.6) is 0 Å². The lowest BCUT2D eigenvalue weighted by Crippen LogP contribution is -2.27. The molecule has 0 aliphatic carbocycles. The van der Waals surface area contributed by atoms with Gasteiger partial charge in [-0.2, -0.15) is 13.2 Å². The van der Waals surface area contributed by atoms with Gasteiger partial charge in [-0.25, -0.2) is 9.97 Å². The molecule has 0 bridgehead atoms. The van der Waals surface area contributed by atoms with E-state index in [1.54, 1.807) is 0 Å². The fourth-order valence-electron chi connectivity index (χ4n) is 1.54. The average Bonchev–Trinajstić information content (AvgIpc) is 2.26. The summed E-state index contributed by atoms with van der Waals surface area (Å²) >= 11 is 5.48. The van der Waals surface area contributed by atoms with Crippen LogP contribution < -0.4 is 5.32 Å². The Kier molecular flexibility index (Phi) is 5.37. The number of halogens is 4. The van der Waals surface area contributed by atoms with Gasteiger partial charge in [-0.05, 0) is 23.9 Å². The standard InChI is InChI=1S/C11H15ClF3N3O/c1-6(2)7(3-4-19)16-9-5-8(11(13,14)15)17-10(12)18-9/h5-7,19H,3-4H2,1-2H3,(H,16,17,18). The molecule has 0 aliphatic heterocycles. The lowest BCUT2D eigenvalue weighted by atomic mass is 10.0. The molecule has 0 fully saturated rings. The highest BCUT2D eigenvalue weighted by molar-refractivity contribution is 6.28. The van der Waals surface area contributed by atoms with Crippen LogP contribution in [0.1, 0.15) is 26.0 Å². The maximum absolute atomic E-state index is 12.6. The third-order valence-corrected chi connectivity index (χ3v) is 2.74. The third-order valence-electron chi connectivity index (χ3n) is 2.57. The van der Waals surface area contributed by atoms with Crippen LogP contribution in [0, 0.1) is 5.92 Å². The fourth-order valence-corrected chi connectivity index (χ4v) is 1.72. The quantitative estimate of drug-likeness (QED) is 0.820. The zero-order chi connectivity index (χ0) is 14.6. The van der Waals surface area contributed by atoms with Crippen molar-refractivity contribution in [3.05, 3.63) is 17.0 Å². The molecule has 1 heterocycles. The third kappa shape index (κ3) is 4.83. The lowest BCUT2D eigenvalue weighted by molar-refractivity contribution is -0.141. The van der Waals surface area contributed by atoms with Crippen molar-refractivity contribution < 1.29 is 18.3 Å². The molecule has 0 saturated heterocycles. The predicted octanol–water partition coefficient (Wildman–Crippen LogP) is 2.97. The summed E-state index contributed by atoms with van der Waals surface area (Å²) in [4.78, 5) is 6.86. The first-order chi connectivity index (χ1) is 8.74. The van der Waals surface area contributed by atoms with Crippen molar-refractivity contribution in [3.63, 3.8) is 0 Å². The van der Waals surface area contributed by atoms with E-state index in [1.807, 2.05) is 13.8 Å². The molecule has 0 radical (unpaired) electrons. The Morgan fingerprint density at radius 1 is 1.37 bits per heavy atom. The molecular formula is C11H15ClF3N3O. The Bertz CT molecular complexity index is 426. The molecule has 1 rings (SSSR count). The first-order valence-electron chi connectivity index (χ1n) is 5.73. The number of aromatic nitrogens is 2. The molecule has 0 amide bonds. The molecule has 19 heavy (non-hydrogen) atoms. The Morgan fingerprint density at radius 2 is 2.00 bits per heavy atom. The number of aliphatic hydroxyl groups excluding tert-OH is 1. The molecule has 8 heteroatoms. The van der Waals surface area contributed by atoms with Crippen LogP contribution in [0.15, 0.2) is 6.07 Å². The van der Waals surface area contributed by atoms with Gasteiger partial charge < -0.3 is 10.4 Å². The van der Waals surface area contributed by atoms with Crippen molar-refractivity contribution in [2.45, 2.75) is 32.5 Å². The molecular weight excluding hydrogens is 283 g/mol. The van der Waals surface area contributed by atoms with E-state index in [9.17, 15) is 13.2 Å². The lowest BCUT2D eigenvalue weighted by Gasteiger charge is -2.22. The second kappa shape index (κ2) is 6.38. The maximum atomic E-state index is 12.6. The van der Waals surface area contributed by atoms with E-state index in [1.165, 1.54) is 0 Å². The van der Waals surface area contributed by atoms with Crippen molar-refractivity contribution in [1.82, 2.24) is 9.97 Å². The zero-order valence-corrected chi connectivity index (χ0v) is 11.3. The zero-order valence-electron chi connectivity index (χ0n) is 10.5. The second-order valence-corrected chi connectivity index (χ2v) is 4.75. The maximum Gasteiger partial charge on any atom is 0.433 e. The van der Waals surface area contributed by atoms with Crippen molar-refractivity contribution >= 4 is 17.4 Å². The van der Waals surface area contributed by atoms with Gasteiger partial charge in [0.05, 0.1) is 0 Å². The summed E-state index contributed by atoms with van der Waals surface area (Å²) in [6, 6.07) is 0.607. The predicted molar refractivity (Wildman–Crippen MR) is 66.0 cm³/mol. The van der Waals surface area contributed by atoms with Gasteiger partial charge in [-0.1, -0.05) is 13.8 Å². The van der Waals surface area contributed by atoms with Crippen LogP contribution in [-0.2, 0) is 6.18 Å². The summed E-state index contributed by atoms with van der Waals surface area (Å²) in [5, 5.41) is 11.3. The molecule has 108 valence electrons. The Morgan fingerprint density at radius 3 is 2.47 bits per heavy atom. The summed E-state index contributed by atoms with van der Waals surface area (Å²) < 4.78 is 37.7. The summed E-state index contributed by atoms with van der Waals surface area (Å²) in [6.07, 6.45) is -4.17. The summed E-state index contributed by atoms with van der Waals surface area (Å²) in [7, 11) is 0. The van der Waals surface area contributed by atoms with Crippen LogP contribution in [-0.4, -0.2) is 27.7 Å². The Balaban J connectivity index is 2.97.